The fourth-order valence-electron chi connectivity index (χ4n) is 2.48. The highest BCUT2D eigenvalue weighted by Gasteiger charge is 2.16. The lowest BCUT2D eigenvalue weighted by molar-refractivity contribution is 0.621. The molecule has 3 aromatic rings. The summed E-state index contributed by atoms with van der Waals surface area (Å²) in [5, 5.41) is 3.74. The van der Waals surface area contributed by atoms with E-state index in [1.54, 1.807) is 6.21 Å². The monoisotopic (exact) mass is 276 g/mol. The average molecular weight is 276 g/mol. The third-order valence-electron chi connectivity index (χ3n) is 3.57. The van der Waals surface area contributed by atoms with E-state index in [1.807, 2.05) is 49.4 Å². The highest BCUT2D eigenvalue weighted by molar-refractivity contribution is 5.96. The lowest BCUT2D eigenvalue weighted by atomic mass is 10.1. The van der Waals surface area contributed by atoms with Crippen molar-refractivity contribution in [1.29, 1.82) is 0 Å². The molecule has 0 amide bonds. The lowest BCUT2D eigenvalue weighted by Gasteiger charge is -2.08. The molecule has 0 radical (unpaired) electrons. The summed E-state index contributed by atoms with van der Waals surface area (Å²) >= 11 is 0. The first-order valence-corrected chi connectivity index (χ1v) is 6.70. The van der Waals surface area contributed by atoms with E-state index >= 15 is 0 Å². The van der Waals surface area contributed by atoms with Crippen molar-refractivity contribution < 1.29 is 4.42 Å². The van der Waals surface area contributed by atoms with E-state index in [0.717, 1.165) is 16.9 Å². The van der Waals surface area contributed by atoms with Crippen LogP contribution in [-0.2, 0) is 0 Å². The van der Waals surface area contributed by atoms with Gasteiger partial charge in [-0.2, -0.15) is 0 Å². The Balaban J connectivity index is 2.04. The molecule has 0 fully saturated rings. The highest BCUT2D eigenvalue weighted by Crippen LogP contribution is 2.32. The molecule has 21 heavy (non-hydrogen) atoms. The van der Waals surface area contributed by atoms with Crippen LogP contribution in [0.3, 0.4) is 0 Å². The molecule has 2 aromatic carbocycles. The van der Waals surface area contributed by atoms with E-state index in [9.17, 15) is 4.79 Å². The minimum atomic E-state index is -0.0704. The van der Waals surface area contributed by atoms with Gasteiger partial charge in [0.05, 0.1) is 16.8 Å². The molecule has 0 unspecified atom stereocenters. The maximum Gasteiger partial charge on any atom is 0.210 e. The molecule has 0 spiro atoms. The first kappa shape index (κ1) is 11.9. The second kappa shape index (κ2) is 4.31. The number of fused-ring (bicyclic) bond motifs is 3. The van der Waals surface area contributed by atoms with Crippen LogP contribution in [0.5, 0.6) is 0 Å². The summed E-state index contributed by atoms with van der Waals surface area (Å²) in [6, 6.07) is 13.2. The lowest BCUT2D eigenvalue weighted by Crippen LogP contribution is -2.11. The van der Waals surface area contributed by atoms with Gasteiger partial charge in [0.25, 0.3) is 0 Å². The molecule has 0 saturated carbocycles. The fourth-order valence-corrected chi connectivity index (χ4v) is 2.48. The molecule has 4 rings (SSSR count). The molecule has 0 saturated heterocycles. The van der Waals surface area contributed by atoms with Crippen LogP contribution in [-0.4, -0.2) is 6.21 Å². The third kappa shape index (κ3) is 1.84. The number of benzene rings is 2. The average Bonchev–Trinajstić information content (AvgIpc) is 2.67. The zero-order chi connectivity index (χ0) is 14.4. The van der Waals surface area contributed by atoms with Gasteiger partial charge in [0.1, 0.15) is 11.1 Å². The van der Waals surface area contributed by atoms with Crippen LogP contribution in [0.15, 0.2) is 56.7 Å². The Morgan fingerprint density at radius 3 is 2.90 bits per heavy atom. The van der Waals surface area contributed by atoms with Crippen molar-refractivity contribution in [3.63, 3.8) is 0 Å². The van der Waals surface area contributed by atoms with Crippen LogP contribution in [0.1, 0.15) is 11.1 Å². The van der Waals surface area contributed by atoms with Gasteiger partial charge in [0, 0.05) is 6.21 Å². The summed E-state index contributed by atoms with van der Waals surface area (Å²) in [6.07, 6.45) is 1.57. The second-order valence-electron chi connectivity index (χ2n) is 5.07. The third-order valence-corrected chi connectivity index (χ3v) is 3.57. The number of anilines is 2. The first-order chi connectivity index (χ1) is 10.2. The number of nitrogens with one attached hydrogen (secondary N) is 1. The zero-order valence-corrected chi connectivity index (χ0v) is 11.4. The van der Waals surface area contributed by atoms with Crippen LogP contribution < -0.4 is 10.7 Å². The molecule has 4 heteroatoms. The molecule has 1 N–H and O–H groups in total. The quantitative estimate of drug-likeness (QED) is 0.530. The molecule has 4 nitrogen and oxygen atoms in total. The summed E-state index contributed by atoms with van der Waals surface area (Å²) < 4.78 is 5.85. The second-order valence-corrected chi connectivity index (χ2v) is 5.07. The largest absolute Gasteiger partial charge is 0.439 e. The molecule has 0 bridgehead atoms. The van der Waals surface area contributed by atoms with E-state index in [4.69, 9.17) is 4.42 Å². The van der Waals surface area contributed by atoms with Crippen molar-refractivity contribution in [3.05, 3.63) is 63.8 Å². The van der Waals surface area contributed by atoms with E-state index in [1.165, 1.54) is 0 Å². The molecule has 1 aliphatic heterocycles. The molecule has 1 aromatic heterocycles. The van der Waals surface area contributed by atoms with E-state index in [2.05, 4.69) is 10.3 Å². The first-order valence-electron chi connectivity index (χ1n) is 6.70. The van der Waals surface area contributed by atoms with Gasteiger partial charge in [0.2, 0.25) is 11.3 Å². The Labute approximate surface area is 120 Å². The molecule has 102 valence electrons. The number of nitrogens with zero attached hydrogens (tertiary/aromatic N) is 1. The summed E-state index contributed by atoms with van der Waals surface area (Å²) in [4.78, 5) is 17.0. The number of hydrogen-bond donors (Lipinski definition) is 1. The molecule has 0 atom stereocenters. The zero-order valence-electron chi connectivity index (χ0n) is 11.4. The molecule has 1 aliphatic rings. The van der Waals surface area contributed by atoms with Crippen molar-refractivity contribution in [2.75, 3.05) is 5.32 Å². The van der Waals surface area contributed by atoms with Crippen molar-refractivity contribution >= 4 is 34.4 Å². The van der Waals surface area contributed by atoms with Gasteiger partial charge in [-0.15, -0.1) is 0 Å². The standard InChI is InChI=1S/C17H12N2O2/c1-10-6-7-15-11(8-10)16(20)12-9-18-13-4-2-3-5-14(13)19-17(12)21-15/h2-9,19H,1H3. The van der Waals surface area contributed by atoms with Crippen molar-refractivity contribution in [2.24, 2.45) is 4.99 Å². The topological polar surface area (TPSA) is 54.6 Å². The van der Waals surface area contributed by atoms with E-state index in [0.29, 0.717) is 22.4 Å². The number of aryl methyl sites for hydroxylation is 1. The Hall–Kier alpha value is -2.88. The number of para-hydroxylation sites is 2. The van der Waals surface area contributed by atoms with Crippen molar-refractivity contribution in [3.8, 4) is 0 Å². The summed E-state index contributed by atoms with van der Waals surface area (Å²) in [6.45, 7) is 1.95. The van der Waals surface area contributed by atoms with Gasteiger partial charge in [-0.3, -0.25) is 9.79 Å². The van der Waals surface area contributed by atoms with Crippen LogP contribution in [0.2, 0.25) is 0 Å². The van der Waals surface area contributed by atoms with E-state index < -0.39 is 0 Å². The predicted molar refractivity (Wildman–Crippen MR) is 84.2 cm³/mol. The summed E-state index contributed by atoms with van der Waals surface area (Å²) in [5.41, 5.74) is 3.58. The Bertz CT molecular complexity index is 955. The Kier molecular flexibility index (Phi) is 2.44. The maximum atomic E-state index is 12.6. The van der Waals surface area contributed by atoms with Crippen LogP contribution in [0, 0.1) is 6.92 Å². The van der Waals surface area contributed by atoms with Gasteiger partial charge in [-0.25, -0.2) is 0 Å². The van der Waals surface area contributed by atoms with Crippen molar-refractivity contribution in [1.82, 2.24) is 0 Å². The smallest absolute Gasteiger partial charge is 0.210 e. The van der Waals surface area contributed by atoms with Crippen LogP contribution in [0.4, 0.5) is 17.3 Å². The fraction of sp³-hybridized carbons (Fsp3) is 0.0588. The minimum Gasteiger partial charge on any atom is -0.439 e. The van der Waals surface area contributed by atoms with Gasteiger partial charge in [-0.05, 0) is 31.2 Å². The number of hydrogen-bond acceptors (Lipinski definition) is 4. The maximum absolute atomic E-state index is 12.6. The SMILES string of the molecule is Cc1ccc2oc3c(c(=O)c2c1)C=Nc1ccccc1N3. The van der Waals surface area contributed by atoms with Gasteiger partial charge in [-0.1, -0.05) is 23.8 Å². The summed E-state index contributed by atoms with van der Waals surface area (Å²) in [5.74, 6) is 0.435. The molecular formula is C17H12N2O2. The van der Waals surface area contributed by atoms with Crippen molar-refractivity contribution in [2.45, 2.75) is 6.92 Å². The van der Waals surface area contributed by atoms with Gasteiger partial charge in [0.15, 0.2) is 0 Å². The molecule has 0 aliphatic carbocycles. The summed E-state index contributed by atoms with van der Waals surface area (Å²) in [7, 11) is 0. The number of rotatable bonds is 0. The number of aliphatic imine (C=N–C) groups is 1. The Morgan fingerprint density at radius 1 is 1.14 bits per heavy atom. The van der Waals surface area contributed by atoms with Gasteiger partial charge >= 0.3 is 0 Å². The van der Waals surface area contributed by atoms with Gasteiger partial charge < -0.3 is 9.73 Å². The normalized spacial score (nSPS) is 12.4. The Morgan fingerprint density at radius 2 is 2.00 bits per heavy atom. The van der Waals surface area contributed by atoms with Crippen LogP contribution >= 0.6 is 0 Å². The minimum absolute atomic E-state index is 0.0704. The molecule has 2 heterocycles. The van der Waals surface area contributed by atoms with E-state index in [-0.39, 0.29) is 5.43 Å². The highest BCUT2D eigenvalue weighted by atomic mass is 16.3. The molecular weight excluding hydrogens is 264 g/mol. The van der Waals surface area contributed by atoms with Crippen LogP contribution in [0.25, 0.3) is 11.0 Å². The predicted octanol–water partition coefficient (Wildman–Crippen LogP) is 3.91.